The Labute approximate surface area is 280 Å². The van der Waals surface area contributed by atoms with Gasteiger partial charge in [-0.15, -0.1) is 0 Å². The first-order valence-corrected chi connectivity index (χ1v) is 19.8. The van der Waals surface area contributed by atoms with Gasteiger partial charge in [0.2, 0.25) is 0 Å². The fraction of sp³-hybridized carbons (Fsp3) is 0.842. The molecule has 9 heteroatoms. The van der Waals surface area contributed by atoms with Crippen LogP contribution in [0.5, 0.6) is 0 Å². The van der Waals surface area contributed by atoms with Gasteiger partial charge in [-0.3, -0.25) is 0 Å². The van der Waals surface area contributed by atoms with Crippen molar-refractivity contribution >= 4 is 9.84 Å². The third-order valence-corrected chi connectivity index (χ3v) is 17.4. The number of fused-ring (bicyclic) bond motifs is 5. The van der Waals surface area contributed by atoms with Crippen molar-refractivity contribution in [1.29, 1.82) is 0 Å². The quantitative estimate of drug-likeness (QED) is 0.288. The van der Waals surface area contributed by atoms with Crippen molar-refractivity contribution in [3.8, 4) is 0 Å². The normalized spacial score (nSPS) is 43.8. The molecule has 0 aromatic heterocycles. The van der Waals surface area contributed by atoms with E-state index in [0.717, 1.165) is 44.9 Å². The molecule has 0 aliphatic heterocycles. The fourth-order valence-corrected chi connectivity index (χ4v) is 14.4. The van der Waals surface area contributed by atoms with Gasteiger partial charge in [0, 0.05) is 13.7 Å². The van der Waals surface area contributed by atoms with Crippen LogP contribution in [0.3, 0.4) is 0 Å². The number of alkyl halides is 3. The maximum atomic E-state index is 14.5. The molecule has 0 amide bonds. The van der Waals surface area contributed by atoms with Crippen LogP contribution in [0.4, 0.5) is 13.2 Å². The van der Waals surface area contributed by atoms with Crippen LogP contribution in [0, 0.1) is 52.3 Å². The largest absolute Gasteiger partial charge is 0.417 e. The summed E-state index contributed by atoms with van der Waals surface area (Å²) in [6.07, 6.45) is 3.86. The molecule has 0 spiro atoms. The minimum absolute atomic E-state index is 0.0612. The molecule has 0 saturated heterocycles. The summed E-state index contributed by atoms with van der Waals surface area (Å²) in [6.45, 7) is 7.35. The number of aliphatic hydroxyl groups is 2. The van der Waals surface area contributed by atoms with E-state index in [9.17, 15) is 31.8 Å². The van der Waals surface area contributed by atoms with E-state index in [1.165, 1.54) is 0 Å². The summed E-state index contributed by atoms with van der Waals surface area (Å²) in [4.78, 5) is 0.319. The lowest BCUT2D eigenvalue weighted by molar-refractivity contribution is -0.290. The number of hydrogen-bond donors (Lipinski definition) is 2. The second-order valence-corrected chi connectivity index (χ2v) is 19.4. The Bertz CT molecular complexity index is 1360. The maximum Gasteiger partial charge on any atom is 0.417 e. The van der Waals surface area contributed by atoms with Gasteiger partial charge in [0.15, 0.2) is 15.4 Å². The number of methoxy groups -OCH3 is 1. The lowest BCUT2D eigenvalue weighted by atomic mass is 9.43. The average Bonchev–Trinajstić information content (AvgIpc) is 3.38. The lowest BCUT2D eigenvalue weighted by Crippen LogP contribution is -2.59. The lowest BCUT2D eigenvalue weighted by Gasteiger charge is -2.62. The summed E-state index contributed by atoms with van der Waals surface area (Å²) in [6, 6.07) is 8.73. The molecule has 5 aliphatic rings. The summed E-state index contributed by atoms with van der Waals surface area (Å²) < 4.78 is 75.9. The highest BCUT2D eigenvalue weighted by Gasteiger charge is 2.65. The highest BCUT2D eigenvalue weighted by atomic mass is 32.2. The molecular formula is C38H57F3O5S. The van der Waals surface area contributed by atoms with Crippen LogP contribution in [0.2, 0.25) is 0 Å². The van der Waals surface area contributed by atoms with Crippen LogP contribution >= 0.6 is 0 Å². The number of rotatable bonds is 8. The first-order valence-electron chi connectivity index (χ1n) is 18.3. The monoisotopic (exact) mass is 682 g/mol. The Balaban J connectivity index is 1.25. The van der Waals surface area contributed by atoms with E-state index in [4.69, 9.17) is 4.74 Å². The van der Waals surface area contributed by atoms with Crippen LogP contribution < -0.4 is 0 Å². The second kappa shape index (κ2) is 12.6. The summed E-state index contributed by atoms with van der Waals surface area (Å²) in [5, 5.41) is 21.8. The van der Waals surface area contributed by atoms with Crippen LogP contribution in [0.15, 0.2) is 35.2 Å². The molecule has 2 N–H and O–H groups in total. The third kappa shape index (κ3) is 6.13. The summed E-state index contributed by atoms with van der Waals surface area (Å²) in [5.74, 6) is 1.42. The van der Waals surface area contributed by atoms with E-state index in [0.29, 0.717) is 60.9 Å². The molecule has 1 unspecified atom stereocenters. The Hall–Kier alpha value is -1.16. The van der Waals surface area contributed by atoms with Crippen LogP contribution in [-0.4, -0.2) is 55.0 Å². The van der Waals surface area contributed by atoms with Gasteiger partial charge < -0.3 is 14.9 Å². The van der Waals surface area contributed by atoms with E-state index in [-0.39, 0.29) is 47.8 Å². The molecule has 10 atom stereocenters. The van der Waals surface area contributed by atoms with E-state index in [1.54, 1.807) is 31.4 Å². The van der Waals surface area contributed by atoms with Gasteiger partial charge in [0.05, 0.1) is 15.7 Å². The Morgan fingerprint density at radius 3 is 2.17 bits per heavy atom. The van der Waals surface area contributed by atoms with E-state index in [2.05, 4.69) is 20.8 Å². The molecule has 1 aromatic rings. The van der Waals surface area contributed by atoms with Crippen LogP contribution in [-0.2, 0) is 14.6 Å². The van der Waals surface area contributed by atoms with Crippen LogP contribution in [0.25, 0.3) is 0 Å². The molecule has 5 aliphatic carbocycles. The molecule has 1 aromatic carbocycles. The minimum atomic E-state index is -4.60. The number of sulfone groups is 1. The summed E-state index contributed by atoms with van der Waals surface area (Å²) in [5.41, 5.74) is -3.88. The average molecular weight is 683 g/mol. The van der Waals surface area contributed by atoms with Gasteiger partial charge in [0.1, 0.15) is 0 Å². The van der Waals surface area contributed by atoms with Gasteiger partial charge >= 0.3 is 6.18 Å². The first-order chi connectivity index (χ1) is 22.0. The summed E-state index contributed by atoms with van der Waals surface area (Å²) >= 11 is 0. The van der Waals surface area contributed by atoms with E-state index in [1.807, 2.05) is 6.07 Å². The first kappa shape index (κ1) is 35.7. The molecular weight excluding hydrogens is 625 g/mol. The second-order valence-electron chi connectivity index (χ2n) is 17.2. The molecule has 47 heavy (non-hydrogen) atoms. The molecule has 5 nitrogen and oxygen atoms in total. The van der Waals surface area contributed by atoms with Crippen molar-refractivity contribution < 1.29 is 36.5 Å². The van der Waals surface area contributed by atoms with Crippen molar-refractivity contribution in [2.24, 2.45) is 52.3 Å². The zero-order chi connectivity index (χ0) is 34.0. The zero-order valence-electron chi connectivity index (χ0n) is 28.8. The number of ether oxygens (including phenoxy) is 1. The van der Waals surface area contributed by atoms with Gasteiger partial charge in [-0.2, -0.15) is 13.2 Å². The van der Waals surface area contributed by atoms with E-state index < -0.39 is 32.5 Å². The molecule has 0 heterocycles. The van der Waals surface area contributed by atoms with E-state index >= 15 is 0 Å². The molecule has 6 rings (SSSR count). The van der Waals surface area contributed by atoms with Gasteiger partial charge in [-0.25, -0.2) is 8.42 Å². The number of hydrogen-bond acceptors (Lipinski definition) is 5. The molecule has 5 fully saturated rings. The highest BCUT2D eigenvalue weighted by Crippen LogP contribution is 2.69. The molecule has 0 radical (unpaired) electrons. The van der Waals surface area contributed by atoms with Crippen molar-refractivity contribution in [3.63, 3.8) is 0 Å². The number of halogens is 3. The fourth-order valence-electron chi connectivity index (χ4n) is 12.2. The minimum Gasteiger partial charge on any atom is -0.390 e. The standard InChI is InChI=1S/C38H57F3O5S/c1-25(33(47(44,45)28-8-6-5-7-9-28)23-36(42)18-14-26(15-19-36)24-46-4)30-12-13-31-29-11-10-27-22-37(43,38(39,40)41)21-20-34(27,2)32(29)16-17-35(30,31)3/h5-9,25-27,29-33,42-43H,10-24H2,1-4H3/t25-,26?,27-,29-,30+,31-,32-,33?,34-,35+,36?,37-/m0/s1. The van der Waals surface area contributed by atoms with Gasteiger partial charge in [-0.05, 0) is 154 Å². The Morgan fingerprint density at radius 1 is 0.872 bits per heavy atom. The summed E-state index contributed by atoms with van der Waals surface area (Å²) in [7, 11) is -2.04. The molecule has 0 bridgehead atoms. The van der Waals surface area contributed by atoms with Crippen LogP contribution in [0.1, 0.15) is 111 Å². The smallest absolute Gasteiger partial charge is 0.390 e. The zero-order valence-corrected chi connectivity index (χ0v) is 29.6. The van der Waals surface area contributed by atoms with Crippen molar-refractivity contribution in [2.75, 3.05) is 13.7 Å². The van der Waals surface area contributed by atoms with Gasteiger partial charge in [-0.1, -0.05) is 39.0 Å². The predicted molar refractivity (Wildman–Crippen MR) is 176 cm³/mol. The Morgan fingerprint density at radius 2 is 1.53 bits per heavy atom. The van der Waals surface area contributed by atoms with Gasteiger partial charge in [0.25, 0.3) is 0 Å². The highest BCUT2D eigenvalue weighted by molar-refractivity contribution is 7.92. The molecule has 266 valence electrons. The maximum absolute atomic E-state index is 14.5. The van der Waals surface area contributed by atoms with Crippen molar-refractivity contribution in [2.45, 2.75) is 138 Å². The predicted octanol–water partition coefficient (Wildman–Crippen LogP) is 8.38. The number of benzene rings is 1. The molecule has 5 saturated carbocycles. The Kier molecular flexibility index (Phi) is 9.53. The van der Waals surface area contributed by atoms with Crippen molar-refractivity contribution in [3.05, 3.63) is 30.3 Å². The topological polar surface area (TPSA) is 83.8 Å². The SMILES string of the molecule is COCC1CCC(O)(CC([C@@H](C)[C@H]2CC[C@H]3[C@@H]4CC[C@H]5C[C@](O)(C(F)(F)F)CC[C@]5(C)[C@H]4CC[C@]23C)S(=O)(=O)c2ccccc2)CC1. The van der Waals surface area contributed by atoms with Crippen molar-refractivity contribution in [1.82, 2.24) is 0 Å². The third-order valence-electron chi connectivity index (χ3n) is 15.0.